The molecule has 0 bridgehead atoms. The van der Waals surface area contributed by atoms with E-state index in [-0.39, 0.29) is 11.7 Å². The van der Waals surface area contributed by atoms with E-state index in [9.17, 15) is 4.79 Å². The van der Waals surface area contributed by atoms with Gasteiger partial charge in [-0.2, -0.15) is 5.26 Å². The van der Waals surface area contributed by atoms with Gasteiger partial charge in [0.25, 0.3) is 0 Å². The van der Waals surface area contributed by atoms with Crippen LogP contribution in [0.25, 0.3) is 5.57 Å². The molecule has 0 aliphatic heterocycles. The lowest BCUT2D eigenvalue weighted by molar-refractivity contribution is -0.116. The molecule has 1 aromatic rings. The first-order valence-corrected chi connectivity index (χ1v) is 5.70. The fourth-order valence-electron chi connectivity index (χ4n) is 2.22. The van der Waals surface area contributed by atoms with Crippen molar-refractivity contribution in [2.45, 2.75) is 19.8 Å². The van der Waals surface area contributed by atoms with E-state index in [0.717, 1.165) is 12.0 Å². The van der Waals surface area contributed by atoms with Gasteiger partial charge in [-0.15, -0.1) is 0 Å². The maximum absolute atomic E-state index is 12.1. The number of hydrogen-bond donors (Lipinski definition) is 1. The average Bonchev–Trinajstić information content (AvgIpc) is 2.64. The number of nitrogens with two attached hydrogens (primary N) is 1. The highest BCUT2D eigenvalue weighted by Crippen LogP contribution is 2.34. The summed E-state index contributed by atoms with van der Waals surface area (Å²) in [6.45, 7) is 1.99. The zero-order valence-electron chi connectivity index (χ0n) is 9.73. The van der Waals surface area contributed by atoms with Gasteiger partial charge in [0.15, 0.2) is 5.78 Å². The van der Waals surface area contributed by atoms with Crippen LogP contribution in [0.2, 0.25) is 0 Å². The zero-order chi connectivity index (χ0) is 12.4. The molecule has 0 amide bonds. The molecule has 1 atom stereocenters. The Balaban J connectivity index is 2.44. The molecule has 0 heterocycles. The number of allylic oxidation sites excluding steroid dienone is 2. The Morgan fingerprint density at radius 1 is 1.53 bits per heavy atom. The monoisotopic (exact) mass is 226 g/mol. The van der Waals surface area contributed by atoms with E-state index < -0.39 is 0 Å². The number of Topliss-reactive ketones (excluding diaryl/α,β-unsaturated/α-hetero) is 1. The third-order valence-corrected chi connectivity index (χ3v) is 3.18. The first-order chi connectivity index (χ1) is 8.17. The molecule has 2 N–H and O–H groups in total. The van der Waals surface area contributed by atoms with Gasteiger partial charge in [0.2, 0.25) is 0 Å². The molecule has 1 aliphatic rings. The number of hydrogen-bond acceptors (Lipinski definition) is 3. The number of ketones is 1. The molecule has 17 heavy (non-hydrogen) atoms. The number of benzene rings is 1. The minimum atomic E-state index is 0.00995. The van der Waals surface area contributed by atoms with Crippen molar-refractivity contribution in [3.05, 3.63) is 41.1 Å². The molecule has 2 rings (SSSR count). The second kappa shape index (κ2) is 4.42. The maximum Gasteiger partial charge on any atom is 0.168 e. The lowest BCUT2D eigenvalue weighted by atomic mass is 9.96. The Morgan fingerprint density at radius 3 is 2.88 bits per heavy atom. The van der Waals surface area contributed by atoms with Gasteiger partial charge < -0.3 is 5.73 Å². The summed E-state index contributed by atoms with van der Waals surface area (Å²) in [5, 5.41) is 8.85. The molecule has 1 aromatic carbocycles. The van der Waals surface area contributed by atoms with Gasteiger partial charge >= 0.3 is 0 Å². The number of carbonyl (C=O) groups is 1. The molecule has 1 aliphatic carbocycles. The Morgan fingerprint density at radius 2 is 2.29 bits per heavy atom. The topological polar surface area (TPSA) is 66.9 Å². The SMILES string of the molecule is CCC1CC(N)=C(c2cccc(C#N)c2)C1=O. The Bertz CT molecular complexity index is 537. The second-order valence-corrected chi connectivity index (χ2v) is 4.27. The maximum atomic E-state index is 12.1. The van der Waals surface area contributed by atoms with Crippen LogP contribution in [-0.2, 0) is 4.79 Å². The number of carbonyl (C=O) groups excluding carboxylic acids is 1. The van der Waals surface area contributed by atoms with Gasteiger partial charge in [0.05, 0.1) is 11.6 Å². The molecular weight excluding hydrogens is 212 g/mol. The highest BCUT2D eigenvalue weighted by Gasteiger charge is 2.31. The van der Waals surface area contributed by atoms with E-state index in [1.807, 2.05) is 13.0 Å². The van der Waals surface area contributed by atoms with Crippen molar-refractivity contribution in [1.29, 1.82) is 5.26 Å². The third kappa shape index (κ3) is 1.94. The third-order valence-electron chi connectivity index (χ3n) is 3.18. The van der Waals surface area contributed by atoms with Gasteiger partial charge in [-0.25, -0.2) is 0 Å². The van der Waals surface area contributed by atoms with Crippen LogP contribution in [0.1, 0.15) is 30.9 Å². The van der Waals surface area contributed by atoms with Crippen molar-refractivity contribution in [3.8, 4) is 6.07 Å². The number of nitrogens with zero attached hydrogens (tertiary/aromatic N) is 1. The van der Waals surface area contributed by atoms with E-state index in [1.54, 1.807) is 18.2 Å². The van der Waals surface area contributed by atoms with Crippen LogP contribution < -0.4 is 5.73 Å². The summed E-state index contributed by atoms with van der Waals surface area (Å²) in [5.74, 6) is 0.121. The number of nitriles is 1. The van der Waals surface area contributed by atoms with Crippen LogP contribution in [0.5, 0.6) is 0 Å². The van der Waals surface area contributed by atoms with E-state index in [0.29, 0.717) is 23.3 Å². The smallest absolute Gasteiger partial charge is 0.168 e. The van der Waals surface area contributed by atoms with Gasteiger partial charge in [-0.05, 0) is 30.5 Å². The molecule has 0 fully saturated rings. The molecule has 0 spiro atoms. The summed E-state index contributed by atoms with van der Waals surface area (Å²) in [5.41, 5.74) is 8.51. The van der Waals surface area contributed by atoms with E-state index in [2.05, 4.69) is 6.07 Å². The van der Waals surface area contributed by atoms with Crippen molar-refractivity contribution in [3.63, 3.8) is 0 Å². The van der Waals surface area contributed by atoms with E-state index in [4.69, 9.17) is 11.0 Å². The zero-order valence-corrected chi connectivity index (χ0v) is 9.73. The first-order valence-electron chi connectivity index (χ1n) is 5.70. The summed E-state index contributed by atoms with van der Waals surface area (Å²) in [7, 11) is 0. The minimum absolute atomic E-state index is 0.00995. The summed E-state index contributed by atoms with van der Waals surface area (Å²) in [6, 6.07) is 9.12. The van der Waals surface area contributed by atoms with Crippen LogP contribution in [0.4, 0.5) is 0 Å². The van der Waals surface area contributed by atoms with Crippen LogP contribution in [-0.4, -0.2) is 5.78 Å². The molecule has 3 nitrogen and oxygen atoms in total. The predicted molar refractivity (Wildman–Crippen MR) is 65.7 cm³/mol. The Hall–Kier alpha value is -2.08. The first kappa shape index (κ1) is 11.4. The largest absolute Gasteiger partial charge is 0.401 e. The van der Waals surface area contributed by atoms with Gasteiger partial charge in [-0.3, -0.25) is 4.79 Å². The lowest BCUT2D eigenvalue weighted by Gasteiger charge is -2.05. The minimum Gasteiger partial charge on any atom is -0.401 e. The van der Waals surface area contributed by atoms with Gasteiger partial charge in [0.1, 0.15) is 0 Å². The van der Waals surface area contributed by atoms with Crippen molar-refractivity contribution in [1.82, 2.24) is 0 Å². The van der Waals surface area contributed by atoms with Gasteiger partial charge in [0, 0.05) is 17.2 Å². The molecule has 0 saturated carbocycles. The van der Waals surface area contributed by atoms with Crippen molar-refractivity contribution in [2.75, 3.05) is 0 Å². The molecule has 0 aromatic heterocycles. The van der Waals surface area contributed by atoms with Crippen molar-refractivity contribution in [2.24, 2.45) is 11.7 Å². The molecule has 86 valence electrons. The predicted octanol–water partition coefficient (Wildman–Crippen LogP) is 2.23. The second-order valence-electron chi connectivity index (χ2n) is 4.27. The fourth-order valence-corrected chi connectivity index (χ4v) is 2.22. The molecule has 0 saturated heterocycles. The highest BCUT2D eigenvalue weighted by atomic mass is 16.1. The lowest BCUT2D eigenvalue weighted by Crippen LogP contribution is -2.08. The van der Waals surface area contributed by atoms with Gasteiger partial charge in [-0.1, -0.05) is 19.1 Å². The fraction of sp³-hybridized carbons (Fsp3) is 0.286. The molecule has 1 unspecified atom stereocenters. The summed E-state index contributed by atoms with van der Waals surface area (Å²) in [6.07, 6.45) is 1.45. The van der Waals surface area contributed by atoms with Crippen LogP contribution in [0.3, 0.4) is 0 Å². The molecular formula is C14H14N2O. The normalized spacial score (nSPS) is 19.5. The molecule has 0 radical (unpaired) electrons. The summed E-state index contributed by atoms with van der Waals surface area (Å²) in [4.78, 5) is 12.1. The standard InChI is InChI=1S/C14H14N2O/c1-2-10-7-12(16)13(14(10)17)11-5-3-4-9(6-11)8-15/h3-6,10H,2,7,16H2,1H3. The average molecular weight is 226 g/mol. The van der Waals surface area contributed by atoms with E-state index >= 15 is 0 Å². The number of rotatable bonds is 2. The van der Waals surface area contributed by atoms with Crippen molar-refractivity contribution >= 4 is 11.4 Å². The summed E-state index contributed by atoms with van der Waals surface area (Å²) < 4.78 is 0. The summed E-state index contributed by atoms with van der Waals surface area (Å²) >= 11 is 0. The van der Waals surface area contributed by atoms with Crippen molar-refractivity contribution < 1.29 is 4.79 Å². The Labute approximate surface area is 101 Å². The van der Waals surface area contributed by atoms with Crippen LogP contribution in [0, 0.1) is 17.2 Å². The highest BCUT2D eigenvalue weighted by molar-refractivity contribution is 6.24. The van der Waals surface area contributed by atoms with Crippen LogP contribution >= 0.6 is 0 Å². The Kier molecular flexibility index (Phi) is 2.97. The molecule has 3 heteroatoms. The van der Waals surface area contributed by atoms with Crippen LogP contribution in [0.15, 0.2) is 30.0 Å². The quantitative estimate of drug-likeness (QED) is 0.840. The van der Waals surface area contributed by atoms with E-state index in [1.165, 1.54) is 0 Å².